The molecule has 1 aromatic heterocycles. The maximum absolute atomic E-state index is 11.5. The molecule has 3 rings (SSSR count). The van der Waals surface area contributed by atoms with Crippen molar-refractivity contribution < 1.29 is 4.79 Å². The second-order valence-corrected chi connectivity index (χ2v) is 5.78. The number of primary amides is 1. The van der Waals surface area contributed by atoms with E-state index < -0.39 is 5.91 Å². The van der Waals surface area contributed by atoms with Crippen molar-refractivity contribution in [3.05, 3.63) is 16.0 Å². The molecule has 2 heterocycles. The fourth-order valence-corrected chi connectivity index (χ4v) is 4.07. The van der Waals surface area contributed by atoms with Gasteiger partial charge in [-0.2, -0.15) is 5.10 Å². The van der Waals surface area contributed by atoms with Crippen molar-refractivity contribution in [3.63, 3.8) is 0 Å². The van der Waals surface area contributed by atoms with Crippen LogP contribution < -0.4 is 11.5 Å². The summed E-state index contributed by atoms with van der Waals surface area (Å²) in [7, 11) is 0. The Morgan fingerprint density at radius 3 is 3.00 bits per heavy atom. The monoisotopic (exact) mass is 264 g/mol. The number of hydrogen-bond acceptors (Lipinski definition) is 5. The number of thiophene rings is 1. The Bertz CT molecular complexity index is 549. The highest BCUT2D eigenvalue weighted by molar-refractivity contribution is 7.16. The van der Waals surface area contributed by atoms with Crippen molar-refractivity contribution in [1.82, 2.24) is 5.01 Å². The number of hydrogen-bond donors (Lipinski definition) is 2. The molecule has 1 unspecified atom stereocenters. The summed E-state index contributed by atoms with van der Waals surface area (Å²) in [5.74, 6) is -0.0927. The minimum absolute atomic E-state index is 0.314. The Balaban J connectivity index is 2.05. The lowest BCUT2D eigenvalue weighted by molar-refractivity contribution is 0.100. The highest BCUT2D eigenvalue weighted by Gasteiger charge is 2.36. The molecule has 1 aliphatic carbocycles. The minimum Gasteiger partial charge on any atom is -0.390 e. The van der Waals surface area contributed by atoms with Gasteiger partial charge in [0.05, 0.1) is 16.5 Å². The van der Waals surface area contributed by atoms with Crippen LogP contribution in [0.2, 0.25) is 0 Å². The van der Waals surface area contributed by atoms with E-state index in [0.29, 0.717) is 16.5 Å². The van der Waals surface area contributed by atoms with Gasteiger partial charge in [0.25, 0.3) is 5.91 Å². The zero-order valence-electron chi connectivity index (χ0n) is 10.3. The quantitative estimate of drug-likeness (QED) is 0.840. The largest absolute Gasteiger partial charge is 0.390 e. The molecule has 5 nitrogen and oxygen atoms in total. The maximum atomic E-state index is 11.5. The van der Waals surface area contributed by atoms with Crippen LogP contribution in [0, 0.1) is 0 Å². The molecule has 0 saturated carbocycles. The first-order chi connectivity index (χ1) is 8.61. The number of carbonyl (C=O) groups excluding carboxylic acids is 1. The minimum atomic E-state index is -0.407. The smallest absolute Gasteiger partial charge is 0.251 e. The van der Waals surface area contributed by atoms with E-state index in [1.54, 1.807) is 0 Å². The zero-order chi connectivity index (χ0) is 12.9. The number of rotatable bonds is 2. The SMILES string of the molecule is CCN1CC2C(=N1)CCc1c2sc(N)c1C(N)=O. The molecule has 0 radical (unpaired) electrons. The van der Waals surface area contributed by atoms with E-state index in [2.05, 4.69) is 17.0 Å². The Labute approximate surface area is 109 Å². The molecule has 1 atom stereocenters. The molecule has 1 aliphatic heterocycles. The molecular formula is C12H16N4OS. The Morgan fingerprint density at radius 2 is 2.33 bits per heavy atom. The van der Waals surface area contributed by atoms with Gasteiger partial charge >= 0.3 is 0 Å². The van der Waals surface area contributed by atoms with E-state index in [-0.39, 0.29) is 0 Å². The first-order valence-corrected chi connectivity index (χ1v) is 6.96. The molecule has 0 saturated heterocycles. The predicted octanol–water partition coefficient (Wildman–Crippen LogP) is 1.15. The Kier molecular flexibility index (Phi) is 2.55. The van der Waals surface area contributed by atoms with Crippen molar-refractivity contribution in [3.8, 4) is 0 Å². The normalized spacial score (nSPS) is 21.5. The molecule has 2 aliphatic rings. The van der Waals surface area contributed by atoms with Gasteiger partial charge in [0, 0.05) is 23.7 Å². The molecule has 96 valence electrons. The first kappa shape index (κ1) is 11.5. The number of hydrazone groups is 1. The lowest BCUT2D eigenvalue weighted by Gasteiger charge is -2.19. The number of nitrogens with two attached hydrogens (primary N) is 2. The number of carbonyl (C=O) groups is 1. The Morgan fingerprint density at radius 1 is 1.56 bits per heavy atom. The number of nitrogens with zero attached hydrogens (tertiary/aromatic N) is 2. The van der Waals surface area contributed by atoms with Crippen LogP contribution in [0.5, 0.6) is 0 Å². The van der Waals surface area contributed by atoms with Crippen molar-refractivity contribution in [2.75, 3.05) is 18.8 Å². The molecular weight excluding hydrogens is 248 g/mol. The van der Waals surface area contributed by atoms with Crippen LogP contribution in [0.4, 0.5) is 5.00 Å². The lowest BCUT2D eigenvalue weighted by Crippen LogP contribution is -2.22. The molecule has 0 aromatic carbocycles. The van der Waals surface area contributed by atoms with Crippen molar-refractivity contribution >= 4 is 28.0 Å². The molecule has 1 amide bonds. The van der Waals surface area contributed by atoms with Gasteiger partial charge in [-0.1, -0.05) is 0 Å². The van der Waals surface area contributed by atoms with Crippen molar-refractivity contribution in [1.29, 1.82) is 0 Å². The number of likely N-dealkylation sites (N-methyl/N-ethyl adjacent to an activating group) is 1. The summed E-state index contributed by atoms with van der Waals surface area (Å²) in [4.78, 5) is 12.7. The topological polar surface area (TPSA) is 84.7 Å². The zero-order valence-corrected chi connectivity index (χ0v) is 11.1. The standard InChI is InChI=1S/C12H16N4OS/c1-2-16-5-7-8(15-16)4-3-6-9(11(13)17)12(14)18-10(6)7/h7H,2-5,14H2,1H3,(H2,13,17). The van der Waals surface area contributed by atoms with Gasteiger partial charge in [-0.3, -0.25) is 9.80 Å². The average Bonchev–Trinajstić information content (AvgIpc) is 2.87. The summed E-state index contributed by atoms with van der Waals surface area (Å²) >= 11 is 1.50. The second-order valence-electron chi connectivity index (χ2n) is 4.70. The van der Waals surface area contributed by atoms with Gasteiger partial charge < -0.3 is 11.5 Å². The molecule has 1 aromatic rings. The highest BCUT2D eigenvalue weighted by atomic mass is 32.1. The summed E-state index contributed by atoms with van der Waals surface area (Å²) in [5.41, 5.74) is 14.2. The number of nitrogen functional groups attached to an aromatic ring is 1. The fourth-order valence-electron chi connectivity index (χ4n) is 2.82. The Hall–Kier alpha value is -1.56. The second kappa shape index (κ2) is 3.98. The summed E-state index contributed by atoms with van der Waals surface area (Å²) in [6.45, 7) is 3.91. The van der Waals surface area contributed by atoms with Crippen LogP contribution in [-0.2, 0) is 6.42 Å². The van der Waals surface area contributed by atoms with Gasteiger partial charge in [0.15, 0.2) is 0 Å². The summed E-state index contributed by atoms with van der Waals surface area (Å²) in [5, 5.41) is 7.25. The summed E-state index contributed by atoms with van der Waals surface area (Å²) < 4.78 is 0. The van der Waals surface area contributed by atoms with E-state index in [1.165, 1.54) is 21.9 Å². The van der Waals surface area contributed by atoms with Crippen LogP contribution in [0.15, 0.2) is 5.10 Å². The highest BCUT2D eigenvalue weighted by Crippen LogP contribution is 2.43. The van der Waals surface area contributed by atoms with E-state index in [9.17, 15) is 4.79 Å². The molecule has 0 bridgehead atoms. The van der Waals surface area contributed by atoms with Gasteiger partial charge in [-0.25, -0.2) is 0 Å². The summed E-state index contributed by atoms with van der Waals surface area (Å²) in [6.07, 6.45) is 1.73. The van der Waals surface area contributed by atoms with Crippen LogP contribution in [0.3, 0.4) is 0 Å². The van der Waals surface area contributed by atoms with Crippen molar-refractivity contribution in [2.45, 2.75) is 25.7 Å². The van der Waals surface area contributed by atoms with E-state index >= 15 is 0 Å². The fraction of sp³-hybridized carbons (Fsp3) is 0.500. The van der Waals surface area contributed by atoms with E-state index in [1.807, 2.05) is 0 Å². The third kappa shape index (κ3) is 1.52. The van der Waals surface area contributed by atoms with Crippen LogP contribution in [-0.4, -0.2) is 29.7 Å². The van der Waals surface area contributed by atoms with Crippen LogP contribution in [0.25, 0.3) is 0 Å². The molecule has 4 N–H and O–H groups in total. The predicted molar refractivity (Wildman–Crippen MR) is 73.0 cm³/mol. The third-order valence-electron chi connectivity index (χ3n) is 3.69. The number of amides is 1. The third-order valence-corrected chi connectivity index (χ3v) is 4.86. The first-order valence-electron chi connectivity index (χ1n) is 6.15. The van der Waals surface area contributed by atoms with Gasteiger partial charge in [0.2, 0.25) is 0 Å². The van der Waals surface area contributed by atoms with E-state index in [4.69, 9.17) is 11.5 Å². The maximum Gasteiger partial charge on any atom is 0.251 e. The van der Waals surface area contributed by atoms with Gasteiger partial charge in [-0.15, -0.1) is 11.3 Å². The lowest BCUT2D eigenvalue weighted by atomic mass is 9.86. The van der Waals surface area contributed by atoms with Crippen LogP contribution >= 0.6 is 11.3 Å². The van der Waals surface area contributed by atoms with Gasteiger partial charge in [0.1, 0.15) is 0 Å². The number of fused-ring (bicyclic) bond motifs is 3. The molecule has 6 heteroatoms. The molecule has 0 spiro atoms. The van der Waals surface area contributed by atoms with E-state index in [0.717, 1.165) is 31.5 Å². The van der Waals surface area contributed by atoms with Gasteiger partial charge in [-0.05, 0) is 25.3 Å². The van der Waals surface area contributed by atoms with Crippen LogP contribution in [0.1, 0.15) is 40.1 Å². The average molecular weight is 264 g/mol. The summed E-state index contributed by atoms with van der Waals surface area (Å²) in [6, 6.07) is 0. The molecule has 0 fully saturated rings. The molecule has 18 heavy (non-hydrogen) atoms. The van der Waals surface area contributed by atoms with Crippen molar-refractivity contribution in [2.24, 2.45) is 10.8 Å². The number of anilines is 1.